The number of esters is 1. The molecule has 0 aliphatic rings. The van der Waals surface area contributed by atoms with Gasteiger partial charge in [0.05, 0.1) is 0 Å². The fourth-order valence-corrected chi connectivity index (χ4v) is 0.919. The second-order valence-electron chi connectivity index (χ2n) is 2.75. The molecule has 0 rings (SSSR count). The molecule has 0 aliphatic heterocycles. The first-order valence-corrected chi connectivity index (χ1v) is 4.24. The van der Waals surface area contributed by atoms with E-state index >= 15 is 0 Å². The van der Waals surface area contributed by atoms with Crippen LogP contribution in [-0.2, 0) is 9.53 Å². The first kappa shape index (κ1) is 11.4. The summed E-state index contributed by atoms with van der Waals surface area (Å²) in [5.41, 5.74) is 5.49. The minimum absolute atomic E-state index is 0.309. The molecule has 0 aromatic rings. The summed E-state index contributed by atoms with van der Waals surface area (Å²) in [5, 5.41) is 3.03. The van der Waals surface area contributed by atoms with Gasteiger partial charge in [0.15, 0.2) is 6.23 Å². The third kappa shape index (κ3) is 7.50. The molecule has 0 unspecified atom stereocenters. The van der Waals surface area contributed by atoms with Crippen molar-refractivity contribution >= 4 is 5.97 Å². The van der Waals surface area contributed by atoms with Gasteiger partial charge in [0, 0.05) is 6.92 Å². The van der Waals surface area contributed by atoms with Crippen LogP contribution in [0.4, 0.5) is 0 Å². The van der Waals surface area contributed by atoms with Crippen LogP contribution in [0.5, 0.6) is 0 Å². The fraction of sp³-hybridized carbons (Fsp3) is 0.875. The summed E-state index contributed by atoms with van der Waals surface area (Å²) in [7, 11) is 1.91. The molecule has 1 atom stereocenters. The summed E-state index contributed by atoms with van der Waals surface area (Å²) in [4.78, 5) is 10.4. The van der Waals surface area contributed by atoms with Crippen molar-refractivity contribution in [3.8, 4) is 0 Å². The zero-order valence-corrected chi connectivity index (χ0v) is 7.80. The molecule has 0 radical (unpaired) electrons. The van der Waals surface area contributed by atoms with Crippen LogP contribution in [0.3, 0.4) is 0 Å². The number of nitrogens with two attached hydrogens (primary N) is 1. The van der Waals surface area contributed by atoms with Gasteiger partial charge in [-0.3, -0.25) is 10.5 Å². The number of ether oxygens (including phenoxy) is 1. The Morgan fingerprint density at radius 2 is 2.25 bits per heavy atom. The van der Waals surface area contributed by atoms with Gasteiger partial charge in [-0.2, -0.15) is 0 Å². The van der Waals surface area contributed by atoms with E-state index in [2.05, 4.69) is 5.32 Å². The molecular weight excluding hydrogens is 156 g/mol. The molecule has 0 amide bonds. The molecule has 0 fully saturated rings. The van der Waals surface area contributed by atoms with E-state index in [1.165, 1.54) is 6.92 Å². The molecule has 0 spiro atoms. The van der Waals surface area contributed by atoms with Crippen LogP contribution in [0.2, 0.25) is 0 Å². The molecule has 0 saturated heterocycles. The molecule has 0 bridgehead atoms. The fourth-order valence-electron chi connectivity index (χ4n) is 0.919. The normalized spacial score (nSPS) is 12.6. The van der Waals surface area contributed by atoms with Crippen molar-refractivity contribution in [2.45, 2.75) is 32.4 Å². The van der Waals surface area contributed by atoms with E-state index in [9.17, 15) is 4.79 Å². The second kappa shape index (κ2) is 7.06. The number of nitrogens with one attached hydrogen (secondary N) is 1. The summed E-state index contributed by atoms with van der Waals surface area (Å²) in [6.07, 6.45) is 2.35. The lowest BCUT2D eigenvalue weighted by Gasteiger charge is -2.10. The van der Waals surface area contributed by atoms with Crippen LogP contribution in [0.25, 0.3) is 0 Å². The highest BCUT2D eigenvalue weighted by molar-refractivity contribution is 5.66. The van der Waals surface area contributed by atoms with Gasteiger partial charge in [0.1, 0.15) is 0 Å². The number of unbranched alkanes of at least 4 members (excludes halogenated alkanes) is 1. The molecule has 0 heterocycles. The van der Waals surface area contributed by atoms with Crippen LogP contribution < -0.4 is 11.1 Å². The molecule has 12 heavy (non-hydrogen) atoms. The quantitative estimate of drug-likeness (QED) is 0.343. The largest absolute Gasteiger partial charge is 0.447 e. The number of carbonyl (C=O) groups excluding carboxylic acids is 1. The van der Waals surface area contributed by atoms with Crippen molar-refractivity contribution in [3.05, 3.63) is 0 Å². The lowest BCUT2D eigenvalue weighted by Crippen LogP contribution is -2.26. The van der Waals surface area contributed by atoms with Crippen molar-refractivity contribution in [2.24, 2.45) is 5.73 Å². The number of hydrogen-bond donors (Lipinski definition) is 2. The van der Waals surface area contributed by atoms with E-state index in [1.807, 2.05) is 7.05 Å². The third-order valence-corrected chi connectivity index (χ3v) is 1.48. The lowest BCUT2D eigenvalue weighted by molar-refractivity contribution is -0.146. The minimum Gasteiger partial charge on any atom is -0.447 e. The summed E-state index contributed by atoms with van der Waals surface area (Å²) >= 11 is 0. The maximum absolute atomic E-state index is 10.4. The lowest BCUT2D eigenvalue weighted by atomic mass is 10.2. The van der Waals surface area contributed by atoms with E-state index in [0.29, 0.717) is 0 Å². The molecule has 4 nitrogen and oxygen atoms in total. The van der Waals surface area contributed by atoms with Gasteiger partial charge in [-0.1, -0.05) is 0 Å². The smallest absolute Gasteiger partial charge is 0.304 e. The summed E-state index contributed by atoms with van der Waals surface area (Å²) in [6.45, 7) is 2.35. The van der Waals surface area contributed by atoms with E-state index in [-0.39, 0.29) is 5.97 Å². The first-order chi connectivity index (χ1) is 5.66. The van der Waals surface area contributed by atoms with Gasteiger partial charge in [-0.05, 0) is 32.9 Å². The molecular formula is C8H18N2O2. The van der Waals surface area contributed by atoms with Gasteiger partial charge in [-0.15, -0.1) is 0 Å². The summed E-state index contributed by atoms with van der Waals surface area (Å²) in [5.74, 6) is -0.309. The number of hydrogen-bond acceptors (Lipinski definition) is 4. The third-order valence-electron chi connectivity index (χ3n) is 1.48. The maximum atomic E-state index is 10.4. The highest BCUT2D eigenvalue weighted by Gasteiger charge is 2.03. The Morgan fingerprint density at radius 3 is 2.75 bits per heavy atom. The summed E-state index contributed by atoms with van der Waals surface area (Å²) in [6, 6.07) is 0. The van der Waals surface area contributed by atoms with E-state index < -0.39 is 6.23 Å². The van der Waals surface area contributed by atoms with Crippen molar-refractivity contribution in [1.82, 2.24) is 5.32 Å². The number of carbonyl (C=O) groups is 1. The Kier molecular flexibility index (Phi) is 6.70. The minimum atomic E-state index is -0.431. The van der Waals surface area contributed by atoms with Gasteiger partial charge in [0.2, 0.25) is 0 Å². The highest BCUT2D eigenvalue weighted by Crippen LogP contribution is 1.99. The SMILES string of the molecule is CNCCCC[C@H](N)OC(C)=O. The predicted molar refractivity (Wildman–Crippen MR) is 47.5 cm³/mol. The van der Waals surface area contributed by atoms with Gasteiger partial charge in [0.25, 0.3) is 0 Å². The molecule has 0 aliphatic carbocycles. The van der Waals surface area contributed by atoms with Crippen LogP contribution in [0.1, 0.15) is 26.2 Å². The maximum Gasteiger partial charge on any atom is 0.304 e. The second-order valence-corrected chi connectivity index (χ2v) is 2.75. The molecule has 0 saturated carbocycles. The van der Waals surface area contributed by atoms with E-state index in [1.54, 1.807) is 0 Å². The van der Waals surface area contributed by atoms with Crippen LogP contribution in [0.15, 0.2) is 0 Å². The van der Waals surface area contributed by atoms with Gasteiger partial charge in [-0.25, -0.2) is 0 Å². The number of rotatable bonds is 6. The van der Waals surface area contributed by atoms with E-state index in [0.717, 1.165) is 25.8 Å². The zero-order valence-electron chi connectivity index (χ0n) is 7.80. The monoisotopic (exact) mass is 174 g/mol. The van der Waals surface area contributed by atoms with Gasteiger partial charge < -0.3 is 10.1 Å². The van der Waals surface area contributed by atoms with Crippen molar-refractivity contribution in [3.63, 3.8) is 0 Å². The Bertz CT molecular complexity index is 128. The Balaban J connectivity index is 3.19. The predicted octanol–water partition coefficient (Wildman–Crippen LogP) is 0.224. The standard InChI is InChI=1S/C8H18N2O2/c1-7(11)12-8(9)5-3-4-6-10-2/h8,10H,3-6,9H2,1-2H3/t8-/m1/s1. The summed E-state index contributed by atoms with van der Waals surface area (Å²) < 4.78 is 4.75. The highest BCUT2D eigenvalue weighted by atomic mass is 16.5. The van der Waals surface area contributed by atoms with Crippen LogP contribution in [-0.4, -0.2) is 25.8 Å². The Morgan fingerprint density at radius 1 is 1.58 bits per heavy atom. The molecule has 4 heteroatoms. The average molecular weight is 174 g/mol. The van der Waals surface area contributed by atoms with Crippen LogP contribution in [0, 0.1) is 0 Å². The topological polar surface area (TPSA) is 64.3 Å². The van der Waals surface area contributed by atoms with Gasteiger partial charge >= 0.3 is 5.97 Å². The molecule has 72 valence electrons. The first-order valence-electron chi connectivity index (χ1n) is 4.24. The van der Waals surface area contributed by atoms with Crippen molar-refractivity contribution in [2.75, 3.05) is 13.6 Å². The Hall–Kier alpha value is -0.610. The average Bonchev–Trinajstić information content (AvgIpc) is 1.97. The van der Waals surface area contributed by atoms with E-state index in [4.69, 9.17) is 10.5 Å². The van der Waals surface area contributed by atoms with Crippen molar-refractivity contribution in [1.29, 1.82) is 0 Å². The van der Waals surface area contributed by atoms with Crippen LogP contribution >= 0.6 is 0 Å². The molecule has 0 aromatic carbocycles. The molecule has 3 N–H and O–H groups in total. The zero-order chi connectivity index (χ0) is 9.40. The Labute approximate surface area is 73.5 Å². The molecule has 0 aromatic heterocycles. The van der Waals surface area contributed by atoms with Crippen molar-refractivity contribution < 1.29 is 9.53 Å².